The number of nitrogens with zero attached hydrogens (tertiary/aromatic N) is 1. The van der Waals surface area contributed by atoms with Crippen molar-refractivity contribution < 1.29 is 0 Å². The van der Waals surface area contributed by atoms with Crippen molar-refractivity contribution in [2.45, 2.75) is 0 Å². The lowest BCUT2D eigenvalue weighted by atomic mass is 10.2. The van der Waals surface area contributed by atoms with Crippen LogP contribution in [0.1, 0.15) is 0 Å². The normalized spacial score (nSPS) is 11.0. The van der Waals surface area contributed by atoms with Gasteiger partial charge in [-0.15, -0.1) is 0 Å². The molecule has 0 saturated heterocycles. The number of para-hydroxylation sites is 1. The molecule has 0 saturated carbocycles. The van der Waals surface area contributed by atoms with Crippen LogP contribution < -0.4 is 4.90 Å². The van der Waals surface area contributed by atoms with Gasteiger partial charge in [0.15, 0.2) is 0 Å². The summed E-state index contributed by atoms with van der Waals surface area (Å²) in [5.41, 5.74) is 3.04. The van der Waals surface area contributed by atoms with Crippen molar-refractivity contribution in [2.24, 2.45) is 0 Å². The number of benzene rings is 2. The molecule has 1 nitrogen and oxygen atoms in total. The second-order valence-corrected chi connectivity index (χ2v) is 6.07. The van der Waals surface area contributed by atoms with E-state index in [-0.39, 0.29) is 0 Å². The van der Waals surface area contributed by atoms with Gasteiger partial charge in [-0.25, -0.2) is 0 Å². The maximum absolute atomic E-state index is 3.92. The van der Waals surface area contributed by atoms with Gasteiger partial charge in [0.05, 0.1) is 5.69 Å². The van der Waals surface area contributed by atoms with Gasteiger partial charge < -0.3 is 4.90 Å². The minimum Gasteiger partial charge on any atom is -0.309 e. The Kier molecular flexibility index (Phi) is 5.59. The third-order valence-corrected chi connectivity index (χ3v) is 4.08. The maximum Gasteiger partial charge on any atom is 0.0614 e. The van der Waals surface area contributed by atoms with Crippen molar-refractivity contribution in [3.63, 3.8) is 0 Å². The fourth-order valence-corrected chi connectivity index (χ4v) is 2.79. The van der Waals surface area contributed by atoms with Gasteiger partial charge in [-0.3, -0.25) is 0 Å². The van der Waals surface area contributed by atoms with E-state index in [2.05, 4.69) is 68.1 Å². The number of anilines is 2. The van der Waals surface area contributed by atoms with E-state index < -0.39 is 0 Å². The Morgan fingerprint density at radius 3 is 2.33 bits per heavy atom. The van der Waals surface area contributed by atoms with Gasteiger partial charge >= 0.3 is 0 Å². The van der Waals surface area contributed by atoms with Crippen LogP contribution in [-0.4, -0.2) is 0 Å². The third kappa shape index (κ3) is 3.74. The first-order valence-corrected chi connectivity index (χ1v) is 8.01. The Morgan fingerprint density at radius 1 is 1.00 bits per heavy atom. The van der Waals surface area contributed by atoms with Gasteiger partial charge in [0, 0.05) is 20.3 Å². The molecule has 21 heavy (non-hydrogen) atoms. The lowest BCUT2D eigenvalue weighted by Gasteiger charge is -2.27. The van der Waals surface area contributed by atoms with Crippen molar-refractivity contribution in [3.8, 4) is 0 Å². The zero-order valence-corrected chi connectivity index (χ0v) is 14.6. The number of hydrogen-bond donors (Lipinski definition) is 0. The largest absolute Gasteiger partial charge is 0.309 e. The zero-order chi connectivity index (χ0) is 15.2. The van der Waals surface area contributed by atoms with Crippen LogP contribution in [-0.2, 0) is 0 Å². The Labute approximate surface area is 142 Å². The van der Waals surface area contributed by atoms with Gasteiger partial charge in [-0.1, -0.05) is 53.4 Å². The summed E-state index contributed by atoms with van der Waals surface area (Å²) < 4.78 is 2.02. The quantitative estimate of drug-likeness (QED) is 0.507. The van der Waals surface area contributed by atoms with E-state index in [4.69, 9.17) is 0 Å². The van der Waals surface area contributed by atoms with E-state index in [1.807, 2.05) is 42.5 Å². The average molecular weight is 405 g/mol. The van der Waals surface area contributed by atoms with E-state index in [9.17, 15) is 0 Å². The maximum atomic E-state index is 3.92. The molecule has 0 amide bonds. The third-order valence-electron chi connectivity index (χ3n) is 2.92. The molecule has 3 heteroatoms. The highest BCUT2D eigenvalue weighted by Gasteiger charge is 2.15. The van der Waals surface area contributed by atoms with Crippen molar-refractivity contribution in [2.75, 3.05) is 4.90 Å². The molecule has 0 aliphatic rings. The van der Waals surface area contributed by atoms with Crippen LogP contribution in [0, 0.1) is 0 Å². The smallest absolute Gasteiger partial charge is 0.0614 e. The van der Waals surface area contributed by atoms with Crippen molar-refractivity contribution in [1.29, 1.82) is 0 Å². The number of hydrogen-bond acceptors (Lipinski definition) is 1. The molecular formula is C18H15Br2N. The standard InChI is InChI=1S/C18H15Br2N/c1-3-8-15(4-2)21(16-9-6-5-7-10-16)18-13-14(19)11-12-17(18)20/h3-13H,1-2H2/b15-8+. The van der Waals surface area contributed by atoms with Crippen LogP contribution in [0.3, 0.4) is 0 Å². The first kappa shape index (κ1) is 15.8. The molecule has 2 aromatic carbocycles. The van der Waals surface area contributed by atoms with Crippen molar-refractivity contribution >= 4 is 43.2 Å². The summed E-state index contributed by atoms with van der Waals surface area (Å²) >= 11 is 7.16. The van der Waals surface area contributed by atoms with Crippen LogP contribution in [0.25, 0.3) is 0 Å². The summed E-state index contributed by atoms with van der Waals surface area (Å²) in [5.74, 6) is 0. The lowest BCUT2D eigenvalue weighted by molar-refractivity contribution is 1.20. The van der Waals surface area contributed by atoms with Gasteiger partial charge in [0.1, 0.15) is 0 Å². The summed E-state index contributed by atoms with van der Waals surface area (Å²) in [6, 6.07) is 16.2. The minimum atomic E-state index is 0.954. The molecule has 0 aliphatic carbocycles. The molecule has 0 aliphatic heterocycles. The van der Waals surface area contributed by atoms with Gasteiger partial charge in [-0.2, -0.15) is 0 Å². The topological polar surface area (TPSA) is 3.24 Å². The molecule has 0 heterocycles. The molecule has 0 unspecified atom stereocenters. The Morgan fingerprint density at radius 2 is 1.71 bits per heavy atom. The molecule has 2 rings (SSSR count). The predicted octanol–water partition coefficient (Wildman–Crippen LogP) is 6.61. The number of rotatable bonds is 5. The van der Waals surface area contributed by atoms with E-state index in [1.54, 1.807) is 6.08 Å². The minimum absolute atomic E-state index is 0.954. The molecule has 0 radical (unpaired) electrons. The molecule has 0 bridgehead atoms. The Bertz CT molecular complexity index is 675. The molecule has 0 fully saturated rings. The summed E-state index contributed by atoms with van der Waals surface area (Å²) in [6.45, 7) is 7.71. The van der Waals surface area contributed by atoms with Crippen LogP contribution in [0.5, 0.6) is 0 Å². The number of allylic oxidation sites excluding steroid dienone is 3. The highest BCUT2D eigenvalue weighted by molar-refractivity contribution is 9.11. The molecule has 0 atom stereocenters. The molecular weight excluding hydrogens is 390 g/mol. The van der Waals surface area contributed by atoms with Crippen molar-refractivity contribution in [1.82, 2.24) is 0 Å². The molecule has 2 aromatic rings. The summed E-state index contributed by atoms with van der Waals surface area (Å²) in [4.78, 5) is 2.13. The second kappa shape index (κ2) is 7.43. The predicted molar refractivity (Wildman–Crippen MR) is 98.9 cm³/mol. The van der Waals surface area contributed by atoms with E-state index in [0.29, 0.717) is 0 Å². The van der Waals surface area contributed by atoms with Gasteiger partial charge in [0.2, 0.25) is 0 Å². The van der Waals surface area contributed by atoms with Crippen LogP contribution in [0.4, 0.5) is 11.4 Å². The van der Waals surface area contributed by atoms with E-state index in [1.165, 1.54) is 0 Å². The fraction of sp³-hybridized carbons (Fsp3) is 0. The van der Waals surface area contributed by atoms with Gasteiger partial charge in [0.25, 0.3) is 0 Å². The summed E-state index contributed by atoms with van der Waals surface area (Å²) in [6.07, 6.45) is 5.52. The SMILES string of the molecule is C=C/C=C(\C=C)N(c1ccccc1)c1cc(Br)ccc1Br. The fourth-order valence-electron chi connectivity index (χ4n) is 2.02. The monoisotopic (exact) mass is 403 g/mol. The number of halogens is 2. The first-order valence-electron chi connectivity index (χ1n) is 6.42. The van der Waals surface area contributed by atoms with E-state index >= 15 is 0 Å². The summed E-state index contributed by atoms with van der Waals surface area (Å²) in [7, 11) is 0. The zero-order valence-electron chi connectivity index (χ0n) is 11.5. The average Bonchev–Trinajstić information content (AvgIpc) is 2.51. The van der Waals surface area contributed by atoms with E-state index in [0.717, 1.165) is 26.0 Å². The lowest BCUT2D eigenvalue weighted by Crippen LogP contribution is -2.15. The molecule has 0 aromatic heterocycles. The Balaban J connectivity index is 2.66. The molecule has 0 spiro atoms. The molecule has 106 valence electrons. The highest BCUT2D eigenvalue weighted by atomic mass is 79.9. The highest BCUT2D eigenvalue weighted by Crippen LogP contribution is 2.37. The van der Waals surface area contributed by atoms with Crippen LogP contribution in [0.15, 0.2) is 94.6 Å². The van der Waals surface area contributed by atoms with Gasteiger partial charge in [-0.05, 0) is 58.4 Å². The second-order valence-electron chi connectivity index (χ2n) is 4.30. The van der Waals surface area contributed by atoms with Crippen molar-refractivity contribution in [3.05, 3.63) is 94.6 Å². The van der Waals surface area contributed by atoms with Crippen LogP contribution in [0.2, 0.25) is 0 Å². The molecule has 0 N–H and O–H groups in total. The van der Waals surface area contributed by atoms with Crippen LogP contribution >= 0.6 is 31.9 Å². The Hall–Kier alpha value is -1.58. The first-order chi connectivity index (χ1) is 10.2. The summed E-state index contributed by atoms with van der Waals surface area (Å²) in [5, 5.41) is 0.